The summed E-state index contributed by atoms with van der Waals surface area (Å²) in [4.78, 5) is 27.5. The van der Waals surface area contributed by atoms with Crippen molar-refractivity contribution in [1.29, 1.82) is 0 Å². The van der Waals surface area contributed by atoms with Crippen LogP contribution in [0.4, 0.5) is 0 Å². The molecule has 0 spiro atoms. The lowest BCUT2D eigenvalue weighted by Crippen LogP contribution is -2.36. The van der Waals surface area contributed by atoms with Crippen molar-refractivity contribution >= 4 is 17.4 Å². The van der Waals surface area contributed by atoms with Gasteiger partial charge in [-0.15, -0.1) is 0 Å². The summed E-state index contributed by atoms with van der Waals surface area (Å²) in [5, 5.41) is 11.2. The van der Waals surface area contributed by atoms with Crippen molar-refractivity contribution in [2.45, 2.75) is 44.8 Å². The van der Waals surface area contributed by atoms with E-state index in [-0.39, 0.29) is 24.0 Å². The number of carbonyl (C=O) groups is 2. The van der Waals surface area contributed by atoms with E-state index in [0.29, 0.717) is 30.3 Å². The zero-order chi connectivity index (χ0) is 21.5. The molecule has 2 atom stereocenters. The highest BCUT2D eigenvalue weighted by Crippen LogP contribution is 2.41. The van der Waals surface area contributed by atoms with E-state index >= 15 is 0 Å². The van der Waals surface area contributed by atoms with Crippen LogP contribution in [-0.4, -0.2) is 47.6 Å². The summed E-state index contributed by atoms with van der Waals surface area (Å²) in [6.45, 7) is 3.41. The molecule has 7 nitrogen and oxygen atoms in total. The SMILES string of the molecule is Cc1ccc(C2/C(=C(/O)c3ccc4c(c3)CCCO4)C(=O)C(=O)N2CC2CCCO2)o1. The van der Waals surface area contributed by atoms with Gasteiger partial charge in [0.2, 0.25) is 0 Å². The number of aliphatic hydroxyl groups excluding tert-OH is 1. The number of carbonyl (C=O) groups excluding carboxylic acids is 2. The summed E-state index contributed by atoms with van der Waals surface area (Å²) in [7, 11) is 0. The quantitative estimate of drug-likeness (QED) is 0.460. The van der Waals surface area contributed by atoms with Crippen molar-refractivity contribution in [1.82, 2.24) is 4.90 Å². The topological polar surface area (TPSA) is 89.2 Å². The van der Waals surface area contributed by atoms with Gasteiger partial charge in [-0.2, -0.15) is 0 Å². The molecule has 4 heterocycles. The number of hydrogen-bond acceptors (Lipinski definition) is 6. The molecule has 162 valence electrons. The highest BCUT2D eigenvalue weighted by atomic mass is 16.5. The minimum Gasteiger partial charge on any atom is -0.507 e. The zero-order valence-corrected chi connectivity index (χ0v) is 17.4. The Bertz CT molecular complexity index is 1060. The van der Waals surface area contributed by atoms with Gasteiger partial charge in [0, 0.05) is 18.7 Å². The third kappa shape index (κ3) is 3.53. The third-order valence-corrected chi connectivity index (χ3v) is 6.18. The fraction of sp³-hybridized carbons (Fsp3) is 0.417. The summed E-state index contributed by atoms with van der Waals surface area (Å²) in [6.07, 6.45) is 3.37. The number of nitrogens with zero attached hydrogens (tertiary/aromatic N) is 1. The molecule has 2 aromatic rings. The van der Waals surface area contributed by atoms with Crippen LogP contribution < -0.4 is 4.74 Å². The minimum absolute atomic E-state index is 0.0500. The number of benzene rings is 1. The molecule has 0 bridgehead atoms. The average Bonchev–Trinajstić information content (AvgIpc) is 3.50. The van der Waals surface area contributed by atoms with Crippen LogP contribution in [0.5, 0.6) is 5.75 Å². The van der Waals surface area contributed by atoms with Gasteiger partial charge < -0.3 is 23.9 Å². The highest BCUT2D eigenvalue weighted by Gasteiger charge is 2.48. The van der Waals surface area contributed by atoms with E-state index in [0.717, 1.165) is 37.0 Å². The van der Waals surface area contributed by atoms with E-state index in [1.54, 1.807) is 31.2 Å². The maximum absolute atomic E-state index is 13.1. The fourth-order valence-electron chi connectivity index (χ4n) is 4.64. The normalized spacial score (nSPS) is 25.0. The van der Waals surface area contributed by atoms with Crippen LogP contribution in [-0.2, 0) is 20.7 Å². The molecule has 5 rings (SSSR count). The number of aryl methyl sites for hydroxylation is 2. The first-order valence-corrected chi connectivity index (χ1v) is 10.8. The van der Waals surface area contributed by atoms with Crippen molar-refractivity contribution in [3.05, 3.63) is 58.6 Å². The third-order valence-electron chi connectivity index (χ3n) is 6.18. The van der Waals surface area contributed by atoms with Crippen LogP contribution in [0.2, 0.25) is 0 Å². The van der Waals surface area contributed by atoms with Crippen LogP contribution in [0.15, 0.2) is 40.3 Å². The second kappa shape index (κ2) is 7.89. The van der Waals surface area contributed by atoms with Crippen LogP contribution in [0.3, 0.4) is 0 Å². The minimum atomic E-state index is -0.787. The van der Waals surface area contributed by atoms with Crippen molar-refractivity contribution in [3.63, 3.8) is 0 Å². The summed E-state index contributed by atoms with van der Waals surface area (Å²) in [6, 6.07) is 8.11. The Morgan fingerprint density at radius 1 is 1.16 bits per heavy atom. The lowest BCUT2D eigenvalue weighted by molar-refractivity contribution is -0.141. The summed E-state index contributed by atoms with van der Waals surface area (Å²) >= 11 is 0. The van der Waals surface area contributed by atoms with E-state index in [1.165, 1.54) is 4.90 Å². The number of Topliss-reactive ketones (excluding diaryl/α,β-unsaturated/α-hetero) is 1. The first kappa shape index (κ1) is 19.9. The van der Waals surface area contributed by atoms with E-state index in [4.69, 9.17) is 13.9 Å². The molecule has 7 heteroatoms. The van der Waals surface area contributed by atoms with Crippen molar-refractivity contribution in [2.75, 3.05) is 19.8 Å². The van der Waals surface area contributed by atoms with E-state index in [1.807, 2.05) is 6.07 Å². The Morgan fingerprint density at radius 3 is 2.77 bits per heavy atom. The molecule has 0 radical (unpaired) electrons. The van der Waals surface area contributed by atoms with Crippen LogP contribution in [0.25, 0.3) is 5.76 Å². The highest BCUT2D eigenvalue weighted by molar-refractivity contribution is 6.46. The zero-order valence-electron chi connectivity index (χ0n) is 17.4. The number of ether oxygens (including phenoxy) is 2. The van der Waals surface area contributed by atoms with Gasteiger partial charge in [-0.1, -0.05) is 0 Å². The number of rotatable bonds is 4. The molecule has 1 amide bonds. The molecule has 2 unspecified atom stereocenters. The summed E-state index contributed by atoms with van der Waals surface area (Å²) in [5.41, 5.74) is 1.52. The maximum Gasteiger partial charge on any atom is 0.295 e. The number of fused-ring (bicyclic) bond motifs is 1. The van der Waals surface area contributed by atoms with Crippen molar-refractivity contribution in [2.24, 2.45) is 0 Å². The number of hydrogen-bond donors (Lipinski definition) is 1. The number of likely N-dealkylation sites (tertiary alicyclic amines) is 1. The molecule has 0 saturated carbocycles. The van der Waals surface area contributed by atoms with Gasteiger partial charge in [0.25, 0.3) is 11.7 Å². The molecule has 2 saturated heterocycles. The summed E-state index contributed by atoms with van der Waals surface area (Å²) in [5.74, 6) is 0.377. The molecule has 3 aliphatic heterocycles. The molecule has 1 aromatic heterocycles. The molecule has 3 aliphatic rings. The number of ketones is 1. The van der Waals surface area contributed by atoms with Crippen LogP contribution in [0.1, 0.15) is 48.0 Å². The molecule has 0 aliphatic carbocycles. The van der Waals surface area contributed by atoms with Crippen molar-refractivity contribution in [3.8, 4) is 5.75 Å². The molecule has 1 aromatic carbocycles. The lowest BCUT2D eigenvalue weighted by atomic mass is 9.96. The van der Waals surface area contributed by atoms with Crippen LogP contribution in [0, 0.1) is 6.92 Å². The molecular weight excluding hydrogens is 398 g/mol. The first-order chi connectivity index (χ1) is 15.0. The van der Waals surface area contributed by atoms with Gasteiger partial charge in [-0.3, -0.25) is 9.59 Å². The number of aliphatic hydroxyl groups is 1. The second-order valence-electron chi connectivity index (χ2n) is 8.31. The predicted molar refractivity (Wildman–Crippen MR) is 112 cm³/mol. The average molecular weight is 423 g/mol. The Balaban J connectivity index is 1.59. The lowest BCUT2D eigenvalue weighted by Gasteiger charge is -2.25. The van der Waals surface area contributed by atoms with E-state index in [9.17, 15) is 14.7 Å². The van der Waals surface area contributed by atoms with Gasteiger partial charge in [-0.05, 0) is 68.5 Å². The Hall–Kier alpha value is -3.06. The van der Waals surface area contributed by atoms with Crippen LogP contribution >= 0.6 is 0 Å². The number of amides is 1. The number of furan rings is 1. The van der Waals surface area contributed by atoms with Gasteiger partial charge in [-0.25, -0.2) is 0 Å². The van der Waals surface area contributed by atoms with E-state index in [2.05, 4.69) is 0 Å². The smallest absolute Gasteiger partial charge is 0.295 e. The Labute approximate surface area is 180 Å². The molecule has 31 heavy (non-hydrogen) atoms. The molecular formula is C24H25NO6. The Morgan fingerprint density at radius 2 is 2.03 bits per heavy atom. The summed E-state index contributed by atoms with van der Waals surface area (Å²) < 4.78 is 17.2. The van der Waals surface area contributed by atoms with E-state index < -0.39 is 17.7 Å². The first-order valence-electron chi connectivity index (χ1n) is 10.8. The van der Waals surface area contributed by atoms with Gasteiger partial charge >= 0.3 is 0 Å². The second-order valence-corrected chi connectivity index (χ2v) is 8.31. The van der Waals surface area contributed by atoms with Crippen molar-refractivity contribution < 1.29 is 28.6 Å². The predicted octanol–water partition coefficient (Wildman–Crippen LogP) is 3.51. The molecule has 2 fully saturated rings. The molecule has 1 N–H and O–H groups in total. The van der Waals surface area contributed by atoms with Gasteiger partial charge in [0.05, 0.1) is 18.3 Å². The maximum atomic E-state index is 13.1. The fourth-order valence-corrected chi connectivity index (χ4v) is 4.64. The Kier molecular flexibility index (Phi) is 5.06. The van der Waals surface area contributed by atoms with Gasteiger partial charge in [0.1, 0.15) is 29.1 Å². The standard InChI is InChI=1S/C24H25NO6/c1-14-6-8-19(31-14)21-20(23(27)24(28)25(21)13-17-5-3-10-29-17)22(26)16-7-9-18-15(12-16)4-2-11-30-18/h6-9,12,17,21,26H,2-5,10-11,13H2,1H3/b22-20-. The monoisotopic (exact) mass is 423 g/mol. The van der Waals surface area contributed by atoms with Gasteiger partial charge in [0.15, 0.2) is 0 Å². The largest absolute Gasteiger partial charge is 0.507 e.